The lowest BCUT2D eigenvalue weighted by Crippen LogP contribution is -2.10. The Balaban J connectivity index is 1.75. The van der Waals surface area contributed by atoms with Crippen LogP contribution in [0.1, 0.15) is 21.5 Å². The number of carbonyl (C=O) groups excluding carboxylic acids is 1. The smallest absolute Gasteiger partial charge is 0.346 e. The van der Waals surface area contributed by atoms with Gasteiger partial charge in [0.1, 0.15) is 10.8 Å². The van der Waals surface area contributed by atoms with Gasteiger partial charge in [0.2, 0.25) is 0 Å². The molecule has 0 aliphatic carbocycles. The van der Waals surface area contributed by atoms with E-state index in [-0.39, 0.29) is 0 Å². The SMILES string of the molecule is Cc1ccc(CSc2ncccc2C(=O)Oc2ccccc2Cl)cc1. The second kappa shape index (κ2) is 8.19. The van der Waals surface area contributed by atoms with Crippen LogP contribution >= 0.6 is 23.4 Å². The number of hydrogen-bond acceptors (Lipinski definition) is 4. The van der Waals surface area contributed by atoms with Gasteiger partial charge in [-0.3, -0.25) is 0 Å². The average Bonchev–Trinajstić information content (AvgIpc) is 2.63. The first-order valence-corrected chi connectivity index (χ1v) is 9.10. The standard InChI is InChI=1S/C20H16ClNO2S/c1-14-8-10-15(11-9-14)13-25-19-16(5-4-12-22-19)20(23)24-18-7-3-2-6-17(18)21/h2-12H,13H2,1H3. The van der Waals surface area contributed by atoms with E-state index < -0.39 is 5.97 Å². The lowest BCUT2D eigenvalue weighted by atomic mass is 10.2. The molecule has 3 rings (SSSR count). The van der Waals surface area contributed by atoms with Gasteiger partial charge >= 0.3 is 5.97 Å². The molecule has 2 aromatic carbocycles. The third-order valence-corrected chi connectivity index (χ3v) is 4.92. The summed E-state index contributed by atoms with van der Waals surface area (Å²) in [5.74, 6) is 0.601. The van der Waals surface area contributed by atoms with Crippen molar-refractivity contribution in [3.8, 4) is 5.75 Å². The topological polar surface area (TPSA) is 39.2 Å². The molecule has 5 heteroatoms. The lowest BCUT2D eigenvalue weighted by Gasteiger charge is -2.09. The maximum Gasteiger partial charge on any atom is 0.346 e. The van der Waals surface area contributed by atoms with Gasteiger partial charge in [-0.05, 0) is 36.8 Å². The molecule has 0 bridgehead atoms. The van der Waals surface area contributed by atoms with Gasteiger partial charge in [0.25, 0.3) is 0 Å². The summed E-state index contributed by atoms with van der Waals surface area (Å²) in [6.07, 6.45) is 1.67. The first kappa shape index (κ1) is 17.5. The number of ether oxygens (including phenoxy) is 1. The fourth-order valence-electron chi connectivity index (χ4n) is 2.18. The number of halogens is 1. The van der Waals surface area contributed by atoms with E-state index in [0.717, 1.165) is 5.75 Å². The van der Waals surface area contributed by atoms with Crippen LogP contribution in [-0.2, 0) is 5.75 Å². The molecule has 0 fully saturated rings. The Labute approximate surface area is 156 Å². The molecule has 0 saturated carbocycles. The number of carbonyl (C=O) groups is 1. The highest BCUT2D eigenvalue weighted by atomic mass is 35.5. The van der Waals surface area contributed by atoms with Crippen LogP contribution in [0.5, 0.6) is 5.75 Å². The molecule has 0 radical (unpaired) electrons. The Morgan fingerprint density at radius 3 is 2.60 bits per heavy atom. The van der Waals surface area contributed by atoms with Crippen molar-refractivity contribution in [3.05, 3.63) is 88.6 Å². The van der Waals surface area contributed by atoms with E-state index >= 15 is 0 Å². The minimum atomic E-state index is -0.465. The molecule has 126 valence electrons. The largest absolute Gasteiger partial charge is 0.421 e. The summed E-state index contributed by atoms with van der Waals surface area (Å²) >= 11 is 7.56. The normalized spacial score (nSPS) is 10.5. The molecule has 0 atom stereocenters. The fraction of sp³-hybridized carbons (Fsp3) is 0.100. The minimum Gasteiger partial charge on any atom is -0.421 e. The van der Waals surface area contributed by atoms with Gasteiger partial charge in [-0.15, -0.1) is 11.8 Å². The zero-order chi connectivity index (χ0) is 17.6. The summed E-state index contributed by atoms with van der Waals surface area (Å²) in [5.41, 5.74) is 2.82. The molecule has 0 saturated heterocycles. The van der Waals surface area contributed by atoms with Crippen molar-refractivity contribution < 1.29 is 9.53 Å². The van der Waals surface area contributed by atoms with Crippen molar-refractivity contribution in [2.75, 3.05) is 0 Å². The molecular formula is C20H16ClNO2S. The van der Waals surface area contributed by atoms with Crippen molar-refractivity contribution in [2.24, 2.45) is 0 Å². The summed E-state index contributed by atoms with van der Waals surface area (Å²) in [6.45, 7) is 2.05. The zero-order valence-electron chi connectivity index (χ0n) is 13.6. The monoisotopic (exact) mass is 369 g/mol. The third kappa shape index (κ3) is 4.62. The molecule has 25 heavy (non-hydrogen) atoms. The molecule has 0 aliphatic rings. The van der Waals surface area contributed by atoms with E-state index in [0.29, 0.717) is 21.4 Å². The van der Waals surface area contributed by atoms with E-state index in [1.807, 2.05) is 0 Å². The Morgan fingerprint density at radius 2 is 1.84 bits per heavy atom. The number of hydrogen-bond donors (Lipinski definition) is 0. The van der Waals surface area contributed by atoms with Crippen molar-refractivity contribution >= 4 is 29.3 Å². The number of rotatable bonds is 5. The summed E-state index contributed by atoms with van der Waals surface area (Å²) in [5, 5.41) is 1.04. The molecule has 0 spiro atoms. The van der Waals surface area contributed by atoms with Crippen LogP contribution in [0.2, 0.25) is 5.02 Å². The summed E-state index contributed by atoms with van der Waals surface area (Å²) in [4.78, 5) is 16.8. The van der Waals surface area contributed by atoms with E-state index in [4.69, 9.17) is 16.3 Å². The van der Waals surface area contributed by atoms with E-state index in [9.17, 15) is 4.79 Å². The van der Waals surface area contributed by atoms with E-state index in [1.165, 1.54) is 22.9 Å². The average molecular weight is 370 g/mol. The Hall–Kier alpha value is -2.30. The summed E-state index contributed by atoms with van der Waals surface area (Å²) in [6, 6.07) is 18.6. The van der Waals surface area contributed by atoms with E-state index in [1.54, 1.807) is 42.6 Å². The van der Waals surface area contributed by atoms with Crippen LogP contribution in [-0.4, -0.2) is 11.0 Å². The molecule has 1 aromatic heterocycles. The van der Waals surface area contributed by atoms with Crippen LogP contribution in [0.25, 0.3) is 0 Å². The quantitative estimate of drug-likeness (QED) is 0.335. The number of para-hydroxylation sites is 1. The molecule has 0 aliphatic heterocycles. The molecule has 1 heterocycles. The number of esters is 1. The highest BCUT2D eigenvalue weighted by molar-refractivity contribution is 7.98. The van der Waals surface area contributed by atoms with E-state index in [2.05, 4.69) is 36.2 Å². The first-order chi connectivity index (χ1) is 12.1. The van der Waals surface area contributed by atoms with Gasteiger partial charge in [-0.2, -0.15) is 0 Å². The van der Waals surface area contributed by atoms with Gasteiger partial charge in [0, 0.05) is 11.9 Å². The molecule has 0 amide bonds. The van der Waals surface area contributed by atoms with Crippen LogP contribution in [0, 0.1) is 6.92 Å². The maximum atomic E-state index is 12.5. The van der Waals surface area contributed by atoms with Crippen LogP contribution in [0.3, 0.4) is 0 Å². The Morgan fingerprint density at radius 1 is 1.08 bits per heavy atom. The number of benzene rings is 2. The van der Waals surface area contributed by atoms with Gasteiger partial charge in [-0.1, -0.05) is 53.6 Å². The molecule has 0 unspecified atom stereocenters. The number of aryl methyl sites for hydroxylation is 1. The van der Waals surface area contributed by atoms with Gasteiger partial charge in [0.15, 0.2) is 0 Å². The zero-order valence-corrected chi connectivity index (χ0v) is 15.2. The lowest BCUT2D eigenvalue weighted by molar-refractivity contribution is 0.0730. The van der Waals surface area contributed by atoms with Crippen molar-refractivity contribution in [3.63, 3.8) is 0 Å². The molecule has 3 nitrogen and oxygen atoms in total. The second-order valence-corrected chi connectivity index (χ2v) is 6.82. The maximum absolute atomic E-state index is 12.5. The third-order valence-electron chi connectivity index (χ3n) is 3.53. The van der Waals surface area contributed by atoms with Gasteiger partial charge in [0.05, 0.1) is 10.6 Å². The van der Waals surface area contributed by atoms with Crippen molar-refractivity contribution in [2.45, 2.75) is 17.7 Å². The predicted octanol–water partition coefficient (Wildman–Crippen LogP) is 5.55. The second-order valence-electron chi connectivity index (χ2n) is 5.45. The molecular weight excluding hydrogens is 354 g/mol. The minimum absolute atomic E-state index is 0.340. The molecule has 0 N–H and O–H groups in total. The Bertz CT molecular complexity index is 881. The van der Waals surface area contributed by atoms with Gasteiger partial charge < -0.3 is 4.74 Å². The van der Waals surface area contributed by atoms with Crippen LogP contribution in [0.15, 0.2) is 71.9 Å². The highest BCUT2D eigenvalue weighted by Gasteiger charge is 2.16. The van der Waals surface area contributed by atoms with Crippen molar-refractivity contribution in [1.82, 2.24) is 4.98 Å². The summed E-state index contributed by atoms with van der Waals surface area (Å²) < 4.78 is 5.42. The van der Waals surface area contributed by atoms with Crippen molar-refractivity contribution in [1.29, 1.82) is 0 Å². The number of thioether (sulfide) groups is 1. The summed E-state index contributed by atoms with van der Waals surface area (Å²) in [7, 11) is 0. The van der Waals surface area contributed by atoms with Crippen LogP contribution in [0.4, 0.5) is 0 Å². The first-order valence-electron chi connectivity index (χ1n) is 7.73. The van der Waals surface area contributed by atoms with Crippen LogP contribution < -0.4 is 4.74 Å². The Kier molecular flexibility index (Phi) is 5.74. The predicted molar refractivity (Wildman–Crippen MR) is 101 cm³/mol. The highest BCUT2D eigenvalue weighted by Crippen LogP contribution is 2.28. The van der Waals surface area contributed by atoms with Gasteiger partial charge in [-0.25, -0.2) is 9.78 Å². The molecule has 3 aromatic rings. The fourth-order valence-corrected chi connectivity index (χ4v) is 3.29. The number of pyridine rings is 1. The number of nitrogens with zero attached hydrogens (tertiary/aromatic N) is 1. The number of aromatic nitrogens is 1.